The largest absolute Gasteiger partial charge is 0.461 e. The third-order valence-electron chi connectivity index (χ3n) is 7.01. The van der Waals surface area contributed by atoms with Gasteiger partial charge in [0.15, 0.2) is 0 Å². The first kappa shape index (κ1) is 21.9. The van der Waals surface area contributed by atoms with Gasteiger partial charge in [0.05, 0.1) is 0 Å². The molecule has 1 aromatic rings. The van der Waals surface area contributed by atoms with Crippen LogP contribution in [0.25, 0.3) is 0 Å². The van der Waals surface area contributed by atoms with Crippen LogP contribution in [-0.2, 0) is 4.79 Å². The Labute approximate surface area is 176 Å². The quantitative estimate of drug-likeness (QED) is 0.271. The third kappa shape index (κ3) is 4.87. The molecule has 1 heterocycles. The van der Waals surface area contributed by atoms with Gasteiger partial charge in [-0.2, -0.15) is 0 Å². The Balaban J connectivity index is 1.95. The standard InChI is InChI=1S/C26H38O3/c1-7-8-9-10-17(3)18(4)21-14-24(28-20(6)27)26-19(5)22-12-11-16(2)13-23(22)29-25(26)15-21/h14-19H,7-13H2,1-6H3. The van der Waals surface area contributed by atoms with Crippen molar-refractivity contribution in [3.8, 4) is 11.5 Å². The van der Waals surface area contributed by atoms with Crippen LogP contribution in [-0.4, -0.2) is 5.97 Å². The van der Waals surface area contributed by atoms with E-state index in [0.29, 0.717) is 23.5 Å². The van der Waals surface area contributed by atoms with Crippen molar-refractivity contribution in [2.45, 2.75) is 98.3 Å². The highest BCUT2D eigenvalue weighted by atomic mass is 16.5. The zero-order valence-electron chi connectivity index (χ0n) is 19.1. The van der Waals surface area contributed by atoms with Gasteiger partial charge >= 0.3 is 5.97 Å². The molecule has 0 aromatic heterocycles. The molecule has 1 aromatic carbocycles. The first-order valence-electron chi connectivity index (χ1n) is 11.6. The Bertz CT molecular complexity index is 776. The molecule has 0 radical (unpaired) electrons. The van der Waals surface area contributed by atoms with Gasteiger partial charge in [-0.3, -0.25) is 4.79 Å². The number of unbranched alkanes of at least 4 members (excludes halogenated alkanes) is 2. The van der Waals surface area contributed by atoms with E-state index in [1.807, 2.05) is 0 Å². The van der Waals surface area contributed by atoms with E-state index in [-0.39, 0.29) is 11.9 Å². The average molecular weight is 399 g/mol. The lowest BCUT2D eigenvalue weighted by molar-refractivity contribution is -0.131. The molecule has 4 unspecified atom stereocenters. The lowest BCUT2D eigenvalue weighted by atomic mass is 9.78. The zero-order chi connectivity index (χ0) is 21.1. The Morgan fingerprint density at radius 2 is 2.00 bits per heavy atom. The molecule has 3 rings (SSSR count). The number of carbonyl (C=O) groups excluding carboxylic acids is 1. The second kappa shape index (κ2) is 9.36. The molecule has 4 atom stereocenters. The molecule has 0 spiro atoms. The summed E-state index contributed by atoms with van der Waals surface area (Å²) in [4.78, 5) is 11.8. The first-order valence-corrected chi connectivity index (χ1v) is 11.6. The van der Waals surface area contributed by atoms with Gasteiger partial charge in [-0.25, -0.2) is 0 Å². The molecular weight excluding hydrogens is 360 g/mol. The maximum absolute atomic E-state index is 11.8. The van der Waals surface area contributed by atoms with E-state index in [1.54, 1.807) is 0 Å². The van der Waals surface area contributed by atoms with Crippen molar-refractivity contribution in [1.29, 1.82) is 0 Å². The Hall–Kier alpha value is -1.77. The SMILES string of the molecule is CCCCCC(C)C(C)c1cc(OC(C)=O)c2c(c1)OC1=C(CCC(C)C1)C2C. The number of hydrogen-bond acceptors (Lipinski definition) is 3. The van der Waals surface area contributed by atoms with E-state index in [2.05, 4.69) is 46.8 Å². The van der Waals surface area contributed by atoms with Crippen molar-refractivity contribution in [3.63, 3.8) is 0 Å². The molecule has 0 bridgehead atoms. The van der Waals surface area contributed by atoms with E-state index >= 15 is 0 Å². The summed E-state index contributed by atoms with van der Waals surface area (Å²) in [5.41, 5.74) is 3.64. The summed E-state index contributed by atoms with van der Waals surface area (Å²) in [6.45, 7) is 12.9. The van der Waals surface area contributed by atoms with Crippen LogP contribution in [0.5, 0.6) is 11.5 Å². The number of allylic oxidation sites excluding steroid dienone is 2. The van der Waals surface area contributed by atoms with E-state index in [1.165, 1.54) is 50.2 Å². The fourth-order valence-electron chi connectivity index (χ4n) is 4.89. The number of rotatable bonds is 7. The fourth-order valence-corrected chi connectivity index (χ4v) is 4.89. The normalized spacial score (nSPS) is 23.0. The number of fused-ring (bicyclic) bond motifs is 1. The van der Waals surface area contributed by atoms with Crippen molar-refractivity contribution >= 4 is 5.97 Å². The van der Waals surface area contributed by atoms with Crippen molar-refractivity contribution in [2.24, 2.45) is 11.8 Å². The molecule has 0 fully saturated rings. The molecule has 29 heavy (non-hydrogen) atoms. The summed E-state index contributed by atoms with van der Waals surface area (Å²) in [6, 6.07) is 4.31. The topological polar surface area (TPSA) is 35.5 Å². The highest BCUT2D eigenvalue weighted by Gasteiger charge is 2.34. The highest BCUT2D eigenvalue weighted by molar-refractivity contribution is 5.71. The Morgan fingerprint density at radius 1 is 1.24 bits per heavy atom. The summed E-state index contributed by atoms with van der Waals surface area (Å²) >= 11 is 0. The summed E-state index contributed by atoms with van der Waals surface area (Å²) in [5, 5.41) is 0. The number of hydrogen-bond donors (Lipinski definition) is 0. The molecular formula is C26H38O3. The van der Waals surface area contributed by atoms with Crippen LogP contribution >= 0.6 is 0 Å². The van der Waals surface area contributed by atoms with Crippen molar-refractivity contribution in [1.82, 2.24) is 0 Å². The van der Waals surface area contributed by atoms with Gasteiger partial charge in [-0.1, -0.05) is 60.3 Å². The van der Waals surface area contributed by atoms with Crippen molar-refractivity contribution in [3.05, 3.63) is 34.6 Å². The molecule has 2 aliphatic rings. The summed E-state index contributed by atoms with van der Waals surface area (Å²) in [5.74, 6) is 4.34. The minimum absolute atomic E-state index is 0.238. The minimum Gasteiger partial charge on any atom is -0.461 e. The van der Waals surface area contributed by atoms with E-state index in [0.717, 1.165) is 29.9 Å². The lowest BCUT2D eigenvalue weighted by Gasteiger charge is -2.35. The van der Waals surface area contributed by atoms with Gasteiger partial charge in [-0.05, 0) is 53.9 Å². The number of carbonyl (C=O) groups is 1. The molecule has 1 aliphatic carbocycles. The van der Waals surface area contributed by atoms with Gasteiger partial charge in [-0.15, -0.1) is 0 Å². The molecule has 0 N–H and O–H groups in total. The number of benzene rings is 1. The van der Waals surface area contributed by atoms with Gasteiger partial charge < -0.3 is 9.47 Å². The van der Waals surface area contributed by atoms with Crippen molar-refractivity contribution < 1.29 is 14.3 Å². The fraction of sp³-hybridized carbons (Fsp3) is 0.654. The predicted molar refractivity (Wildman–Crippen MR) is 119 cm³/mol. The molecule has 0 saturated heterocycles. The van der Waals surface area contributed by atoms with Crippen LogP contribution in [0.4, 0.5) is 0 Å². The summed E-state index contributed by atoms with van der Waals surface area (Å²) in [6.07, 6.45) is 8.31. The average Bonchev–Trinajstić information content (AvgIpc) is 2.66. The Kier molecular flexibility index (Phi) is 7.08. The Morgan fingerprint density at radius 3 is 2.69 bits per heavy atom. The number of esters is 1. The van der Waals surface area contributed by atoms with E-state index in [9.17, 15) is 4.79 Å². The van der Waals surface area contributed by atoms with Gasteiger partial charge in [0.1, 0.15) is 17.3 Å². The van der Waals surface area contributed by atoms with Gasteiger partial charge in [0, 0.05) is 24.8 Å². The lowest BCUT2D eigenvalue weighted by Crippen LogP contribution is -2.22. The van der Waals surface area contributed by atoms with Crippen LogP contribution < -0.4 is 9.47 Å². The van der Waals surface area contributed by atoms with Crippen LogP contribution in [0.15, 0.2) is 23.5 Å². The molecule has 3 heteroatoms. The summed E-state index contributed by atoms with van der Waals surface area (Å²) < 4.78 is 12.2. The smallest absolute Gasteiger partial charge is 0.308 e. The van der Waals surface area contributed by atoms with E-state index < -0.39 is 0 Å². The van der Waals surface area contributed by atoms with Gasteiger partial charge in [0.2, 0.25) is 0 Å². The van der Waals surface area contributed by atoms with Crippen LogP contribution in [0, 0.1) is 11.8 Å². The molecule has 160 valence electrons. The molecule has 0 saturated carbocycles. The third-order valence-corrected chi connectivity index (χ3v) is 7.01. The van der Waals surface area contributed by atoms with Crippen LogP contribution in [0.3, 0.4) is 0 Å². The molecule has 0 amide bonds. The monoisotopic (exact) mass is 398 g/mol. The maximum Gasteiger partial charge on any atom is 0.308 e. The molecule has 1 aliphatic heterocycles. The second-order valence-electron chi connectivity index (χ2n) is 9.41. The second-order valence-corrected chi connectivity index (χ2v) is 9.41. The van der Waals surface area contributed by atoms with E-state index in [4.69, 9.17) is 9.47 Å². The summed E-state index contributed by atoms with van der Waals surface area (Å²) in [7, 11) is 0. The van der Waals surface area contributed by atoms with Crippen LogP contribution in [0.2, 0.25) is 0 Å². The highest BCUT2D eigenvalue weighted by Crippen LogP contribution is 2.50. The number of ether oxygens (including phenoxy) is 2. The maximum atomic E-state index is 11.8. The van der Waals surface area contributed by atoms with Gasteiger partial charge in [0.25, 0.3) is 0 Å². The molecule has 3 nitrogen and oxygen atoms in total. The van der Waals surface area contributed by atoms with Crippen LogP contribution in [0.1, 0.15) is 109 Å². The van der Waals surface area contributed by atoms with Crippen molar-refractivity contribution in [2.75, 3.05) is 0 Å². The predicted octanol–water partition coefficient (Wildman–Crippen LogP) is 7.50. The minimum atomic E-state index is -0.266. The zero-order valence-corrected chi connectivity index (χ0v) is 19.1. The first-order chi connectivity index (χ1) is 13.8.